The van der Waals surface area contributed by atoms with Crippen molar-refractivity contribution in [3.63, 3.8) is 0 Å². The van der Waals surface area contributed by atoms with E-state index in [0.717, 1.165) is 0 Å². The summed E-state index contributed by atoms with van der Waals surface area (Å²) < 4.78 is 0. The maximum absolute atomic E-state index is 2.52. The molecule has 26 heavy (non-hydrogen) atoms. The van der Waals surface area contributed by atoms with Crippen LogP contribution in [-0.2, 0) is 23.7 Å². The van der Waals surface area contributed by atoms with Gasteiger partial charge in [-0.05, 0) is 65.3 Å². The van der Waals surface area contributed by atoms with Gasteiger partial charge in [0.05, 0.1) is 0 Å². The Labute approximate surface area is 161 Å². The summed E-state index contributed by atoms with van der Waals surface area (Å²) in [5.74, 6) is 0. The Kier molecular flexibility index (Phi) is 5.61. The first-order valence-electron chi connectivity index (χ1n) is 10.6. The quantitative estimate of drug-likeness (QED) is 0.490. The van der Waals surface area contributed by atoms with Crippen LogP contribution < -0.4 is 0 Å². The van der Waals surface area contributed by atoms with E-state index in [1.54, 1.807) is 11.1 Å². The van der Waals surface area contributed by atoms with Gasteiger partial charge in [-0.2, -0.15) is 0 Å². The molecular weight excluding hydrogens is 312 g/mol. The Balaban J connectivity index is 1.97. The molecule has 1 aliphatic carbocycles. The first-order valence-corrected chi connectivity index (χ1v) is 10.6. The van der Waals surface area contributed by atoms with E-state index in [4.69, 9.17) is 0 Å². The van der Waals surface area contributed by atoms with E-state index in [0.29, 0.717) is 0 Å². The van der Waals surface area contributed by atoms with Crippen LogP contribution in [0.15, 0.2) is 42.5 Å². The Morgan fingerprint density at radius 3 is 1.92 bits per heavy atom. The highest BCUT2D eigenvalue weighted by molar-refractivity contribution is 5.53. The molecule has 1 unspecified atom stereocenters. The number of unbranched alkanes of at least 4 members (excludes halogenated alkanes) is 2. The highest BCUT2D eigenvalue weighted by Crippen LogP contribution is 2.53. The molecule has 1 aliphatic rings. The van der Waals surface area contributed by atoms with Crippen LogP contribution in [0.2, 0.25) is 0 Å². The summed E-state index contributed by atoms with van der Waals surface area (Å²) in [7, 11) is 0. The molecule has 0 bridgehead atoms. The summed E-state index contributed by atoms with van der Waals surface area (Å²) in [4.78, 5) is 0. The van der Waals surface area contributed by atoms with Crippen LogP contribution in [0.5, 0.6) is 0 Å². The first kappa shape index (κ1) is 19.2. The van der Waals surface area contributed by atoms with Crippen molar-refractivity contribution in [3.05, 3.63) is 70.3 Å². The molecular formula is C26H36. The molecule has 0 N–H and O–H groups in total. The van der Waals surface area contributed by atoms with Crippen LogP contribution >= 0.6 is 0 Å². The monoisotopic (exact) mass is 348 g/mol. The van der Waals surface area contributed by atoms with Gasteiger partial charge in [-0.15, -0.1) is 0 Å². The average molecular weight is 349 g/mol. The SMILES string of the molecule is CCCCc1ccc(C2(C)CC(C)(C)c3ccc(CCCC)cc32)cc1. The summed E-state index contributed by atoms with van der Waals surface area (Å²) in [5.41, 5.74) is 7.96. The number of hydrogen-bond acceptors (Lipinski definition) is 0. The average Bonchev–Trinajstić information content (AvgIpc) is 2.85. The topological polar surface area (TPSA) is 0 Å². The van der Waals surface area contributed by atoms with Crippen molar-refractivity contribution in [2.45, 2.75) is 90.4 Å². The molecule has 2 aromatic rings. The molecule has 0 aromatic heterocycles. The van der Waals surface area contributed by atoms with Gasteiger partial charge < -0.3 is 0 Å². The van der Waals surface area contributed by atoms with E-state index in [1.807, 2.05) is 0 Å². The first-order chi connectivity index (χ1) is 12.4. The smallest absolute Gasteiger partial charge is 0.0186 e. The van der Waals surface area contributed by atoms with Crippen LogP contribution in [0.1, 0.15) is 94.5 Å². The zero-order chi connectivity index (χ0) is 18.8. The van der Waals surface area contributed by atoms with Crippen molar-refractivity contribution in [2.24, 2.45) is 0 Å². The highest BCUT2D eigenvalue weighted by atomic mass is 14.5. The lowest BCUT2D eigenvalue weighted by molar-refractivity contribution is 0.425. The van der Waals surface area contributed by atoms with Crippen LogP contribution in [-0.4, -0.2) is 0 Å². The number of rotatable bonds is 7. The van der Waals surface area contributed by atoms with E-state index >= 15 is 0 Å². The number of fused-ring (bicyclic) bond motifs is 1. The predicted molar refractivity (Wildman–Crippen MR) is 114 cm³/mol. The van der Waals surface area contributed by atoms with Gasteiger partial charge in [0.2, 0.25) is 0 Å². The molecule has 0 amide bonds. The van der Waals surface area contributed by atoms with Gasteiger partial charge in [0, 0.05) is 5.41 Å². The number of benzene rings is 2. The summed E-state index contributed by atoms with van der Waals surface area (Å²) >= 11 is 0. The van der Waals surface area contributed by atoms with Crippen LogP contribution in [0.4, 0.5) is 0 Å². The third-order valence-electron chi connectivity index (χ3n) is 6.43. The van der Waals surface area contributed by atoms with Crippen molar-refractivity contribution in [2.75, 3.05) is 0 Å². The van der Waals surface area contributed by atoms with Crippen molar-refractivity contribution in [3.8, 4) is 0 Å². The van der Waals surface area contributed by atoms with Gasteiger partial charge in [-0.1, -0.05) is 89.9 Å². The normalized spacial score (nSPS) is 21.0. The maximum atomic E-state index is 2.52. The lowest BCUT2D eigenvalue weighted by Crippen LogP contribution is -2.23. The van der Waals surface area contributed by atoms with Crippen molar-refractivity contribution in [1.82, 2.24) is 0 Å². The molecule has 2 aromatic carbocycles. The second kappa shape index (κ2) is 7.59. The van der Waals surface area contributed by atoms with Gasteiger partial charge in [0.1, 0.15) is 0 Å². The van der Waals surface area contributed by atoms with Crippen molar-refractivity contribution < 1.29 is 0 Å². The molecule has 140 valence electrons. The maximum Gasteiger partial charge on any atom is 0.0186 e. The van der Waals surface area contributed by atoms with Gasteiger partial charge >= 0.3 is 0 Å². The zero-order valence-corrected chi connectivity index (χ0v) is 17.5. The van der Waals surface area contributed by atoms with Gasteiger partial charge in [-0.3, -0.25) is 0 Å². The minimum Gasteiger partial charge on any atom is -0.0654 e. The second-order valence-corrected chi connectivity index (χ2v) is 9.18. The Bertz CT molecular complexity index is 735. The largest absolute Gasteiger partial charge is 0.0654 e. The number of hydrogen-bond donors (Lipinski definition) is 0. The van der Waals surface area contributed by atoms with Gasteiger partial charge in [0.15, 0.2) is 0 Å². The third kappa shape index (κ3) is 3.61. The number of aryl methyl sites for hydroxylation is 2. The molecule has 0 fully saturated rings. The Hall–Kier alpha value is -1.56. The molecule has 1 atom stereocenters. The molecule has 0 radical (unpaired) electrons. The fourth-order valence-electron chi connectivity index (χ4n) is 4.93. The van der Waals surface area contributed by atoms with E-state index < -0.39 is 0 Å². The van der Waals surface area contributed by atoms with E-state index in [2.05, 4.69) is 77.1 Å². The molecule has 0 saturated carbocycles. The fraction of sp³-hybridized carbons (Fsp3) is 0.538. The third-order valence-corrected chi connectivity index (χ3v) is 6.43. The lowest BCUT2D eigenvalue weighted by Gasteiger charge is -2.29. The van der Waals surface area contributed by atoms with E-state index in [1.165, 1.54) is 61.6 Å². The molecule has 0 heteroatoms. The highest BCUT2D eigenvalue weighted by Gasteiger charge is 2.45. The van der Waals surface area contributed by atoms with Gasteiger partial charge in [0.25, 0.3) is 0 Å². The molecule has 0 aliphatic heterocycles. The summed E-state index contributed by atoms with van der Waals surface area (Å²) in [6.45, 7) is 11.8. The molecule has 0 saturated heterocycles. The zero-order valence-electron chi connectivity index (χ0n) is 17.5. The minimum atomic E-state index is 0.129. The summed E-state index contributed by atoms with van der Waals surface area (Å²) in [6, 6.07) is 16.8. The van der Waals surface area contributed by atoms with Crippen LogP contribution in [0, 0.1) is 0 Å². The molecule has 0 nitrogen and oxygen atoms in total. The second-order valence-electron chi connectivity index (χ2n) is 9.18. The Morgan fingerprint density at radius 2 is 1.31 bits per heavy atom. The van der Waals surface area contributed by atoms with Crippen LogP contribution in [0.25, 0.3) is 0 Å². The minimum absolute atomic E-state index is 0.129. The van der Waals surface area contributed by atoms with Crippen molar-refractivity contribution >= 4 is 0 Å². The summed E-state index contributed by atoms with van der Waals surface area (Å²) in [6.07, 6.45) is 8.70. The van der Waals surface area contributed by atoms with Crippen LogP contribution in [0.3, 0.4) is 0 Å². The molecule has 0 heterocycles. The van der Waals surface area contributed by atoms with E-state index in [-0.39, 0.29) is 10.8 Å². The standard InChI is InChI=1S/C26H36/c1-6-8-10-20-12-15-22(16-13-20)26(5)19-25(3,4)23-17-14-21(11-9-7-2)18-24(23)26/h12-18H,6-11,19H2,1-5H3. The fourth-order valence-corrected chi connectivity index (χ4v) is 4.93. The molecule has 3 rings (SSSR count). The Morgan fingerprint density at radius 1 is 0.731 bits per heavy atom. The van der Waals surface area contributed by atoms with Crippen molar-refractivity contribution in [1.29, 1.82) is 0 Å². The summed E-state index contributed by atoms with van der Waals surface area (Å²) in [5, 5.41) is 0. The lowest BCUT2D eigenvalue weighted by atomic mass is 9.74. The molecule has 0 spiro atoms. The van der Waals surface area contributed by atoms with E-state index in [9.17, 15) is 0 Å². The van der Waals surface area contributed by atoms with Gasteiger partial charge in [-0.25, -0.2) is 0 Å². The predicted octanol–water partition coefficient (Wildman–Crippen LogP) is 7.36.